The highest BCUT2D eigenvalue weighted by atomic mass is 32.2. The van der Waals surface area contributed by atoms with Crippen molar-refractivity contribution in [2.45, 2.75) is 46.2 Å². The third kappa shape index (κ3) is 3.60. The lowest BCUT2D eigenvalue weighted by atomic mass is 10.2. The van der Waals surface area contributed by atoms with Gasteiger partial charge in [-0.2, -0.15) is 0 Å². The van der Waals surface area contributed by atoms with Gasteiger partial charge in [-0.25, -0.2) is 0 Å². The first-order valence-electron chi connectivity index (χ1n) is 6.42. The van der Waals surface area contributed by atoms with E-state index in [0.29, 0.717) is 6.17 Å². The van der Waals surface area contributed by atoms with Crippen molar-refractivity contribution in [2.75, 3.05) is 25.4 Å². The van der Waals surface area contributed by atoms with Crippen LogP contribution in [0.4, 0.5) is 0 Å². The van der Waals surface area contributed by atoms with Crippen molar-refractivity contribution in [1.82, 2.24) is 9.80 Å². The highest BCUT2D eigenvalue weighted by molar-refractivity contribution is 8.23. The molecule has 0 saturated carbocycles. The van der Waals surface area contributed by atoms with E-state index in [1.54, 1.807) is 0 Å². The molecule has 1 heterocycles. The minimum Gasteiger partial charge on any atom is -0.341 e. The molecule has 1 saturated heterocycles. The maximum atomic E-state index is 5.43. The molecular weight excluding hydrogens is 236 g/mol. The molecule has 0 aromatic rings. The van der Waals surface area contributed by atoms with Gasteiger partial charge in [-0.05, 0) is 32.4 Å². The third-order valence-corrected chi connectivity index (χ3v) is 4.42. The van der Waals surface area contributed by atoms with Crippen LogP contribution in [0.1, 0.15) is 40.0 Å². The molecule has 4 heteroatoms. The summed E-state index contributed by atoms with van der Waals surface area (Å²) in [5, 5.41) is 0. The number of thioether (sulfide) groups is 1. The van der Waals surface area contributed by atoms with Crippen molar-refractivity contribution in [3.8, 4) is 0 Å². The summed E-state index contributed by atoms with van der Waals surface area (Å²) in [7, 11) is 0. The highest BCUT2D eigenvalue weighted by Gasteiger charge is 2.28. The van der Waals surface area contributed by atoms with E-state index in [2.05, 4.69) is 30.6 Å². The summed E-state index contributed by atoms with van der Waals surface area (Å²) in [6.07, 6.45) is 4.15. The molecule has 0 radical (unpaired) electrons. The van der Waals surface area contributed by atoms with E-state index < -0.39 is 0 Å². The maximum Gasteiger partial charge on any atom is 0.137 e. The molecule has 0 aromatic carbocycles. The van der Waals surface area contributed by atoms with Gasteiger partial charge in [0.1, 0.15) is 4.32 Å². The molecule has 1 aliphatic heterocycles. The first-order valence-corrected chi connectivity index (χ1v) is 7.81. The smallest absolute Gasteiger partial charge is 0.137 e. The van der Waals surface area contributed by atoms with Crippen LogP contribution in [0.25, 0.3) is 0 Å². The van der Waals surface area contributed by atoms with Gasteiger partial charge in [0, 0.05) is 12.3 Å². The van der Waals surface area contributed by atoms with Gasteiger partial charge >= 0.3 is 0 Å². The maximum absolute atomic E-state index is 5.43. The van der Waals surface area contributed by atoms with Crippen LogP contribution < -0.4 is 0 Å². The Hall–Kier alpha value is 0.200. The van der Waals surface area contributed by atoms with Crippen LogP contribution in [0.2, 0.25) is 0 Å². The van der Waals surface area contributed by atoms with Crippen LogP contribution in [0, 0.1) is 0 Å². The molecule has 94 valence electrons. The fourth-order valence-corrected chi connectivity index (χ4v) is 3.64. The number of thiocarbonyl (C=S) groups is 1. The lowest BCUT2D eigenvalue weighted by Gasteiger charge is -2.37. The fraction of sp³-hybridized carbons (Fsp3) is 0.917. The van der Waals surface area contributed by atoms with Gasteiger partial charge in [-0.15, -0.1) is 0 Å². The zero-order valence-electron chi connectivity index (χ0n) is 10.7. The van der Waals surface area contributed by atoms with Crippen LogP contribution >= 0.6 is 24.0 Å². The minimum atomic E-state index is 0.530. The predicted octanol–water partition coefficient (Wildman–Crippen LogP) is 3.18. The van der Waals surface area contributed by atoms with E-state index in [1.165, 1.54) is 38.1 Å². The third-order valence-electron chi connectivity index (χ3n) is 2.96. The molecule has 0 aromatic heterocycles. The van der Waals surface area contributed by atoms with Gasteiger partial charge in [0.25, 0.3) is 0 Å². The Bertz CT molecular complexity index is 215. The molecule has 1 rings (SSSR count). The Morgan fingerprint density at radius 1 is 1.31 bits per heavy atom. The van der Waals surface area contributed by atoms with Crippen LogP contribution in [-0.4, -0.2) is 45.7 Å². The first kappa shape index (κ1) is 14.3. The Morgan fingerprint density at radius 2 is 1.94 bits per heavy atom. The average Bonchev–Trinajstić information content (AvgIpc) is 2.67. The molecule has 0 N–H and O–H groups in total. The molecule has 1 unspecified atom stereocenters. The molecule has 2 nitrogen and oxygen atoms in total. The summed E-state index contributed by atoms with van der Waals surface area (Å²) >= 11 is 7.27. The molecule has 0 bridgehead atoms. The van der Waals surface area contributed by atoms with E-state index in [-0.39, 0.29) is 0 Å². The zero-order chi connectivity index (χ0) is 12.0. The van der Waals surface area contributed by atoms with Crippen molar-refractivity contribution in [1.29, 1.82) is 0 Å². The molecule has 0 amide bonds. The predicted molar refractivity (Wildman–Crippen MR) is 78.0 cm³/mol. The van der Waals surface area contributed by atoms with Crippen molar-refractivity contribution >= 4 is 28.3 Å². The van der Waals surface area contributed by atoms with Gasteiger partial charge < -0.3 is 4.90 Å². The molecule has 1 aliphatic rings. The largest absolute Gasteiger partial charge is 0.341 e. The second-order valence-electron chi connectivity index (χ2n) is 4.23. The van der Waals surface area contributed by atoms with E-state index in [9.17, 15) is 0 Å². The quantitative estimate of drug-likeness (QED) is 0.648. The molecular formula is C12H24N2S2. The number of hydrogen-bond acceptors (Lipinski definition) is 3. The fourth-order valence-electron chi connectivity index (χ4n) is 2.34. The van der Waals surface area contributed by atoms with Gasteiger partial charge in [-0.3, -0.25) is 4.90 Å². The van der Waals surface area contributed by atoms with Crippen molar-refractivity contribution in [3.05, 3.63) is 0 Å². The molecule has 0 spiro atoms. The van der Waals surface area contributed by atoms with Crippen molar-refractivity contribution in [3.63, 3.8) is 0 Å². The van der Waals surface area contributed by atoms with Crippen LogP contribution in [0.5, 0.6) is 0 Å². The summed E-state index contributed by atoms with van der Waals surface area (Å²) < 4.78 is 1.10. The highest BCUT2D eigenvalue weighted by Crippen LogP contribution is 2.24. The van der Waals surface area contributed by atoms with E-state index in [1.807, 2.05) is 11.8 Å². The van der Waals surface area contributed by atoms with Crippen molar-refractivity contribution in [2.24, 2.45) is 0 Å². The monoisotopic (exact) mass is 260 g/mol. The van der Waals surface area contributed by atoms with Gasteiger partial charge in [-0.1, -0.05) is 44.8 Å². The van der Waals surface area contributed by atoms with Gasteiger partial charge in [0.2, 0.25) is 0 Å². The topological polar surface area (TPSA) is 6.48 Å². The van der Waals surface area contributed by atoms with Crippen LogP contribution in [-0.2, 0) is 0 Å². The summed E-state index contributed by atoms with van der Waals surface area (Å²) in [4.78, 5) is 5.02. The number of nitrogens with zero attached hydrogens (tertiary/aromatic N) is 2. The lowest BCUT2D eigenvalue weighted by Crippen LogP contribution is -2.48. The second-order valence-corrected chi connectivity index (χ2v) is 5.96. The summed E-state index contributed by atoms with van der Waals surface area (Å²) in [6, 6.07) is 0. The summed E-state index contributed by atoms with van der Waals surface area (Å²) in [6.45, 7) is 10.3. The Kier molecular flexibility index (Phi) is 6.70. The first-order chi connectivity index (χ1) is 7.74. The Labute approximate surface area is 110 Å². The average molecular weight is 260 g/mol. The number of rotatable bonds is 7. The SMILES string of the molecule is CCCN(CCC)C(CC)N1CCSC1=S. The molecule has 1 fully saturated rings. The minimum absolute atomic E-state index is 0.530. The standard InChI is InChI=1S/C12H24N2S2/c1-4-7-13(8-5-2)11(6-3)14-9-10-16-12(14)15/h11H,4-10H2,1-3H3. The lowest BCUT2D eigenvalue weighted by molar-refractivity contribution is 0.0961. The Morgan fingerprint density at radius 3 is 2.31 bits per heavy atom. The van der Waals surface area contributed by atoms with E-state index in [0.717, 1.165) is 10.9 Å². The summed E-state index contributed by atoms with van der Waals surface area (Å²) in [5.41, 5.74) is 0. The number of hydrogen-bond donors (Lipinski definition) is 0. The zero-order valence-corrected chi connectivity index (χ0v) is 12.4. The molecule has 16 heavy (non-hydrogen) atoms. The second kappa shape index (κ2) is 7.51. The molecule has 1 atom stereocenters. The Balaban J connectivity index is 2.64. The van der Waals surface area contributed by atoms with E-state index in [4.69, 9.17) is 12.2 Å². The van der Waals surface area contributed by atoms with E-state index >= 15 is 0 Å². The molecule has 0 aliphatic carbocycles. The van der Waals surface area contributed by atoms with Gasteiger partial charge in [0.05, 0.1) is 6.17 Å². The normalized spacial score (nSPS) is 18.5. The van der Waals surface area contributed by atoms with Gasteiger partial charge in [0.15, 0.2) is 0 Å². The summed E-state index contributed by atoms with van der Waals surface area (Å²) in [5.74, 6) is 1.17. The van der Waals surface area contributed by atoms with Crippen LogP contribution in [0.3, 0.4) is 0 Å². The van der Waals surface area contributed by atoms with Crippen LogP contribution in [0.15, 0.2) is 0 Å². The van der Waals surface area contributed by atoms with Crippen molar-refractivity contribution < 1.29 is 0 Å².